The summed E-state index contributed by atoms with van der Waals surface area (Å²) in [6.07, 6.45) is 15.3. The van der Waals surface area contributed by atoms with Crippen molar-refractivity contribution in [2.24, 2.45) is 11.7 Å². The summed E-state index contributed by atoms with van der Waals surface area (Å²) in [5, 5.41) is 0. The van der Waals surface area contributed by atoms with Crippen molar-refractivity contribution in [3.05, 3.63) is 156 Å². The highest BCUT2D eigenvalue weighted by molar-refractivity contribution is 5.45. The van der Waals surface area contributed by atoms with Crippen LogP contribution in [0.1, 0.15) is 82.9 Å². The van der Waals surface area contributed by atoms with Gasteiger partial charge in [0.2, 0.25) is 0 Å². The third-order valence-corrected chi connectivity index (χ3v) is 6.77. The summed E-state index contributed by atoms with van der Waals surface area (Å²) in [4.78, 5) is 0. The maximum Gasteiger partial charge on any atom is 0.0313 e. The minimum atomic E-state index is 0.606. The zero-order valence-electron chi connectivity index (χ0n) is 27.4. The molecular formula is C40H59N. The van der Waals surface area contributed by atoms with Crippen molar-refractivity contribution < 1.29 is 0 Å². The highest BCUT2D eigenvalue weighted by atomic mass is 14.6. The van der Waals surface area contributed by atoms with Gasteiger partial charge in [0.15, 0.2) is 0 Å². The Labute approximate surface area is 254 Å². The van der Waals surface area contributed by atoms with Gasteiger partial charge in [-0.05, 0) is 77.4 Å². The van der Waals surface area contributed by atoms with Crippen LogP contribution in [0.3, 0.4) is 0 Å². The van der Waals surface area contributed by atoms with Crippen LogP contribution in [0, 0.1) is 26.7 Å². The van der Waals surface area contributed by atoms with Crippen LogP contribution in [0.15, 0.2) is 140 Å². The quantitative estimate of drug-likeness (QED) is 0.205. The SMILES string of the molecule is C=C.C=C/C(=C/CCC(=C)/C=C(C)\C(=C/C)C(=C)N)CCC(CC)CC.Cc1ccc(C)cc1.Cc1ccccc1. The fraction of sp³-hybridized carbons (Fsp3) is 0.350. The van der Waals surface area contributed by atoms with Crippen LogP contribution in [0.4, 0.5) is 0 Å². The Morgan fingerprint density at radius 2 is 1.32 bits per heavy atom. The molecule has 0 unspecified atom stereocenters. The average Bonchev–Trinajstić information content (AvgIpc) is 2.96. The van der Waals surface area contributed by atoms with E-state index in [1.165, 1.54) is 41.5 Å². The number of benzene rings is 2. The van der Waals surface area contributed by atoms with E-state index in [-0.39, 0.29) is 0 Å². The lowest BCUT2D eigenvalue weighted by atomic mass is 9.94. The Morgan fingerprint density at radius 1 is 0.829 bits per heavy atom. The highest BCUT2D eigenvalue weighted by Crippen LogP contribution is 2.21. The van der Waals surface area contributed by atoms with E-state index in [4.69, 9.17) is 5.73 Å². The van der Waals surface area contributed by atoms with Gasteiger partial charge in [-0.25, -0.2) is 0 Å². The molecule has 1 nitrogen and oxygen atoms in total. The second-order valence-electron chi connectivity index (χ2n) is 10.3. The molecule has 2 aromatic rings. The minimum Gasteiger partial charge on any atom is -0.399 e. The smallest absolute Gasteiger partial charge is 0.0313 e. The van der Waals surface area contributed by atoms with E-state index in [0.717, 1.165) is 41.9 Å². The summed E-state index contributed by atoms with van der Waals surface area (Å²) in [6.45, 7) is 32.8. The van der Waals surface area contributed by atoms with Gasteiger partial charge in [-0.3, -0.25) is 0 Å². The molecule has 0 aliphatic heterocycles. The molecule has 0 fully saturated rings. The van der Waals surface area contributed by atoms with Crippen molar-refractivity contribution in [1.29, 1.82) is 0 Å². The first-order chi connectivity index (χ1) is 19.6. The van der Waals surface area contributed by atoms with Gasteiger partial charge in [-0.15, -0.1) is 13.2 Å². The van der Waals surface area contributed by atoms with E-state index < -0.39 is 0 Å². The minimum absolute atomic E-state index is 0.606. The molecule has 0 aliphatic carbocycles. The lowest BCUT2D eigenvalue weighted by molar-refractivity contribution is 0.457. The molecule has 0 heterocycles. The largest absolute Gasteiger partial charge is 0.399 e. The summed E-state index contributed by atoms with van der Waals surface area (Å²) in [5.41, 5.74) is 15.0. The Balaban J connectivity index is 0. The molecule has 1 heteroatoms. The van der Waals surface area contributed by atoms with Crippen molar-refractivity contribution in [2.75, 3.05) is 0 Å². The molecular weight excluding hydrogens is 494 g/mol. The van der Waals surface area contributed by atoms with Crippen LogP contribution in [0.5, 0.6) is 0 Å². The molecule has 0 bridgehead atoms. The van der Waals surface area contributed by atoms with Crippen molar-refractivity contribution in [1.82, 2.24) is 0 Å². The normalized spacial score (nSPS) is 11.2. The molecule has 41 heavy (non-hydrogen) atoms. The molecule has 0 saturated carbocycles. The Morgan fingerprint density at radius 3 is 1.68 bits per heavy atom. The van der Waals surface area contributed by atoms with Gasteiger partial charge >= 0.3 is 0 Å². The molecule has 0 aliphatic rings. The van der Waals surface area contributed by atoms with Crippen molar-refractivity contribution >= 4 is 0 Å². The first-order valence-electron chi connectivity index (χ1n) is 14.9. The van der Waals surface area contributed by atoms with Gasteiger partial charge in [-0.2, -0.15) is 0 Å². The van der Waals surface area contributed by atoms with Crippen LogP contribution < -0.4 is 5.73 Å². The lowest BCUT2D eigenvalue weighted by Crippen LogP contribution is -2.00. The van der Waals surface area contributed by atoms with E-state index in [1.807, 2.05) is 37.3 Å². The molecule has 2 N–H and O–H groups in total. The first kappa shape index (κ1) is 39.6. The van der Waals surface area contributed by atoms with E-state index in [2.05, 4.69) is 123 Å². The van der Waals surface area contributed by atoms with Crippen molar-refractivity contribution in [3.63, 3.8) is 0 Å². The van der Waals surface area contributed by atoms with E-state index in [9.17, 15) is 0 Å². The van der Waals surface area contributed by atoms with Gasteiger partial charge in [-0.1, -0.05) is 153 Å². The van der Waals surface area contributed by atoms with Crippen molar-refractivity contribution in [2.45, 2.75) is 87.0 Å². The van der Waals surface area contributed by atoms with Crippen LogP contribution in [-0.4, -0.2) is 0 Å². The van der Waals surface area contributed by atoms with Gasteiger partial charge in [0.25, 0.3) is 0 Å². The second kappa shape index (κ2) is 25.4. The monoisotopic (exact) mass is 553 g/mol. The Bertz CT molecular complexity index is 1050. The predicted molar refractivity (Wildman–Crippen MR) is 189 cm³/mol. The van der Waals surface area contributed by atoms with Crippen LogP contribution in [0.2, 0.25) is 0 Å². The maximum absolute atomic E-state index is 5.81. The molecule has 0 aromatic heterocycles. The standard InChI is InChI=1S/C23H37N.C8H10.C7H8.C2H4/c1-8-21(9-2)15-16-22(10-3)14-12-13-18(5)17-19(6)23(11-4)20(7)24;1-7-3-5-8(2)6-4-7;1-7-5-3-2-4-6-7;1-2/h10-11,14,17,21H,3,5,7-9,12-13,15-16,24H2,1-2,4,6H3;3-6H,1-2H3;2-6H,1H3;1-2H2/b19-17-,22-14-,23-11+;;;. The van der Waals surface area contributed by atoms with E-state index >= 15 is 0 Å². The summed E-state index contributed by atoms with van der Waals surface area (Å²) < 4.78 is 0. The average molecular weight is 554 g/mol. The molecule has 0 spiro atoms. The fourth-order valence-corrected chi connectivity index (χ4v) is 4.09. The molecule has 0 saturated heterocycles. The van der Waals surface area contributed by atoms with Gasteiger partial charge < -0.3 is 5.73 Å². The number of hydrogen-bond donors (Lipinski definition) is 1. The molecule has 0 atom stereocenters. The first-order valence-corrected chi connectivity index (χ1v) is 14.9. The molecule has 0 radical (unpaired) electrons. The van der Waals surface area contributed by atoms with E-state index in [0.29, 0.717) is 5.70 Å². The third kappa shape index (κ3) is 20.9. The van der Waals surface area contributed by atoms with Crippen molar-refractivity contribution in [3.8, 4) is 0 Å². The fourth-order valence-electron chi connectivity index (χ4n) is 4.09. The Kier molecular flexibility index (Phi) is 24.5. The maximum atomic E-state index is 5.81. The number of hydrogen-bond acceptors (Lipinski definition) is 1. The van der Waals surface area contributed by atoms with Crippen LogP contribution in [-0.2, 0) is 0 Å². The Hall–Kier alpha value is -3.58. The molecule has 0 amide bonds. The molecule has 224 valence electrons. The van der Waals surface area contributed by atoms with Crippen LogP contribution in [0.25, 0.3) is 0 Å². The summed E-state index contributed by atoms with van der Waals surface area (Å²) >= 11 is 0. The lowest BCUT2D eigenvalue weighted by Gasteiger charge is -2.12. The number of aryl methyl sites for hydroxylation is 3. The summed E-state index contributed by atoms with van der Waals surface area (Å²) in [5.74, 6) is 0.831. The summed E-state index contributed by atoms with van der Waals surface area (Å²) in [6, 6.07) is 18.7. The zero-order chi connectivity index (χ0) is 31.6. The highest BCUT2D eigenvalue weighted by Gasteiger charge is 2.04. The number of rotatable bonds is 12. The third-order valence-electron chi connectivity index (χ3n) is 6.77. The topological polar surface area (TPSA) is 26.0 Å². The molecule has 2 aromatic carbocycles. The number of nitrogens with two attached hydrogens (primary N) is 1. The summed E-state index contributed by atoms with van der Waals surface area (Å²) in [7, 11) is 0. The zero-order valence-corrected chi connectivity index (χ0v) is 27.4. The van der Waals surface area contributed by atoms with Crippen LogP contribution >= 0.6 is 0 Å². The van der Waals surface area contributed by atoms with Gasteiger partial charge in [0.05, 0.1) is 0 Å². The predicted octanol–water partition coefficient (Wildman–Crippen LogP) is 12.1. The van der Waals surface area contributed by atoms with Gasteiger partial charge in [0.1, 0.15) is 0 Å². The van der Waals surface area contributed by atoms with E-state index in [1.54, 1.807) is 0 Å². The van der Waals surface area contributed by atoms with Gasteiger partial charge in [0, 0.05) is 5.70 Å². The molecule has 2 rings (SSSR count). The number of allylic oxidation sites excluding steroid dienone is 7. The second-order valence-corrected chi connectivity index (χ2v) is 10.3.